The zero-order valence-corrected chi connectivity index (χ0v) is 8.36. The van der Waals surface area contributed by atoms with Gasteiger partial charge >= 0.3 is 0 Å². The molecule has 3 heteroatoms. The van der Waals surface area contributed by atoms with Crippen LogP contribution in [0.15, 0.2) is 24.3 Å². The molecule has 0 unspecified atom stereocenters. The first-order valence-corrected chi connectivity index (χ1v) is 4.54. The molecule has 0 amide bonds. The Hall–Kier alpha value is -1.95. The smallest absolute Gasteiger partial charge is 0.115 e. The molecule has 3 nitrogen and oxygen atoms in total. The van der Waals surface area contributed by atoms with Gasteiger partial charge in [0.2, 0.25) is 0 Å². The maximum atomic E-state index is 10.5. The van der Waals surface area contributed by atoms with Crippen LogP contribution < -0.4 is 5.11 Å². The van der Waals surface area contributed by atoms with Crippen LogP contribution in [0.2, 0.25) is 0 Å². The number of aliphatic carboxylic acids is 1. The van der Waals surface area contributed by atoms with E-state index in [1.165, 1.54) is 12.1 Å². The lowest BCUT2D eigenvalue weighted by atomic mass is 9.96. The zero-order valence-electron chi connectivity index (χ0n) is 8.36. The van der Waals surface area contributed by atoms with E-state index in [1.807, 2.05) is 0 Å². The number of aromatic hydroxyl groups is 1. The van der Waals surface area contributed by atoms with Gasteiger partial charge in [-0.05, 0) is 24.6 Å². The van der Waals surface area contributed by atoms with E-state index in [4.69, 9.17) is 5.11 Å². The van der Waals surface area contributed by atoms with Crippen molar-refractivity contribution < 1.29 is 15.0 Å². The van der Waals surface area contributed by atoms with Crippen LogP contribution in [0.5, 0.6) is 5.75 Å². The molecule has 1 atom stereocenters. The highest BCUT2D eigenvalue weighted by Crippen LogP contribution is 2.20. The summed E-state index contributed by atoms with van der Waals surface area (Å²) in [7, 11) is 0. The molecular formula is C12H11O3-. The summed E-state index contributed by atoms with van der Waals surface area (Å²) in [5, 5.41) is 19.6. The molecule has 0 aliphatic rings. The maximum absolute atomic E-state index is 10.5. The summed E-state index contributed by atoms with van der Waals surface area (Å²) in [6.07, 6.45) is -0.133. The first-order valence-electron chi connectivity index (χ1n) is 4.54. The van der Waals surface area contributed by atoms with Crippen molar-refractivity contribution in [1.82, 2.24) is 0 Å². The van der Waals surface area contributed by atoms with Crippen molar-refractivity contribution in [3.63, 3.8) is 0 Å². The minimum Gasteiger partial charge on any atom is -0.550 e. The number of rotatable bonds is 3. The van der Waals surface area contributed by atoms with E-state index in [9.17, 15) is 9.90 Å². The van der Waals surface area contributed by atoms with Crippen molar-refractivity contribution in [2.24, 2.45) is 0 Å². The van der Waals surface area contributed by atoms with Crippen molar-refractivity contribution in [2.75, 3.05) is 0 Å². The number of carboxylic acids is 1. The van der Waals surface area contributed by atoms with Gasteiger partial charge in [-0.2, -0.15) is 0 Å². The third-order valence-corrected chi connectivity index (χ3v) is 1.98. The first-order chi connectivity index (χ1) is 7.13. The molecule has 1 rings (SSSR count). The van der Waals surface area contributed by atoms with Gasteiger partial charge in [-0.15, -0.1) is 5.92 Å². The van der Waals surface area contributed by atoms with E-state index < -0.39 is 5.97 Å². The molecule has 0 radical (unpaired) electrons. The summed E-state index contributed by atoms with van der Waals surface area (Å²) >= 11 is 0. The van der Waals surface area contributed by atoms with Crippen molar-refractivity contribution in [1.29, 1.82) is 0 Å². The molecule has 0 spiro atoms. The van der Waals surface area contributed by atoms with Crippen LogP contribution in [-0.2, 0) is 4.79 Å². The van der Waals surface area contributed by atoms with Gasteiger partial charge in [0.1, 0.15) is 5.75 Å². The third kappa shape index (κ3) is 3.35. The number of carbonyl (C=O) groups excluding carboxylic acids is 1. The Bertz CT molecular complexity index is 395. The number of hydrogen-bond donors (Lipinski definition) is 1. The Kier molecular flexibility index (Phi) is 3.75. The molecule has 0 heterocycles. The Labute approximate surface area is 88.4 Å². The summed E-state index contributed by atoms with van der Waals surface area (Å²) in [6, 6.07) is 6.34. The highest BCUT2D eigenvalue weighted by molar-refractivity contribution is 5.66. The van der Waals surface area contributed by atoms with Crippen LogP contribution in [0.25, 0.3) is 0 Å². The van der Waals surface area contributed by atoms with Crippen molar-refractivity contribution in [3.05, 3.63) is 29.8 Å². The fraction of sp³-hybridized carbons (Fsp3) is 0.250. The van der Waals surface area contributed by atoms with Gasteiger partial charge in [-0.25, -0.2) is 0 Å². The van der Waals surface area contributed by atoms with E-state index in [2.05, 4.69) is 11.8 Å². The van der Waals surface area contributed by atoms with Crippen LogP contribution in [-0.4, -0.2) is 11.1 Å². The van der Waals surface area contributed by atoms with Crippen LogP contribution >= 0.6 is 0 Å². The molecule has 78 valence electrons. The monoisotopic (exact) mass is 203 g/mol. The maximum Gasteiger partial charge on any atom is 0.115 e. The van der Waals surface area contributed by atoms with Gasteiger partial charge in [0.05, 0.1) is 5.92 Å². The molecule has 0 saturated heterocycles. The van der Waals surface area contributed by atoms with Gasteiger partial charge in [0.25, 0.3) is 0 Å². The Morgan fingerprint density at radius 3 is 2.53 bits per heavy atom. The van der Waals surface area contributed by atoms with E-state index in [0.717, 1.165) is 5.56 Å². The lowest BCUT2D eigenvalue weighted by molar-refractivity contribution is -0.305. The quantitative estimate of drug-likeness (QED) is 0.733. The molecule has 15 heavy (non-hydrogen) atoms. The number of carbonyl (C=O) groups is 1. The van der Waals surface area contributed by atoms with Crippen molar-refractivity contribution >= 4 is 5.97 Å². The molecular weight excluding hydrogens is 192 g/mol. The average molecular weight is 203 g/mol. The van der Waals surface area contributed by atoms with Crippen LogP contribution in [0.4, 0.5) is 0 Å². The molecule has 0 aliphatic carbocycles. The lowest BCUT2D eigenvalue weighted by Crippen LogP contribution is -2.24. The normalized spacial score (nSPS) is 11.3. The summed E-state index contributed by atoms with van der Waals surface area (Å²) in [4.78, 5) is 10.5. The number of benzene rings is 1. The lowest BCUT2D eigenvalue weighted by Gasteiger charge is -2.11. The Morgan fingerprint density at radius 2 is 2.07 bits per heavy atom. The van der Waals surface area contributed by atoms with Crippen LogP contribution in [0.3, 0.4) is 0 Å². The fourth-order valence-corrected chi connectivity index (χ4v) is 1.30. The topological polar surface area (TPSA) is 60.4 Å². The van der Waals surface area contributed by atoms with Gasteiger partial charge in [0.15, 0.2) is 0 Å². The van der Waals surface area contributed by atoms with Crippen LogP contribution in [0, 0.1) is 11.8 Å². The minimum atomic E-state index is -1.13. The van der Waals surface area contributed by atoms with Crippen molar-refractivity contribution in [3.8, 4) is 17.6 Å². The Morgan fingerprint density at radius 1 is 1.47 bits per heavy atom. The molecule has 0 bridgehead atoms. The second-order valence-electron chi connectivity index (χ2n) is 3.11. The summed E-state index contributed by atoms with van der Waals surface area (Å²) < 4.78 is 0. The summed E-state index contributed by atoms with van der Waals surface area (Å²) in [5.41, 5.74) is 0.770. The second-order valence-corrected chi connectivity index (χ2v) is 3.11. The van der Waals surface area contributed by atoms with Crippen LogP contribution in [0.1, 0.15) is 24.8 Å². The second kappa shape index (κ2) is 5.06. The van der Waals surface area contributed by atoms with E-state index in [0.29, 0.717) is 0 Å². The van der Waals surface area contributed by atoms with E-state index in [1.54, 1.807) is 19.1 Å². The number of phenols is 1. The Balaban J connectivity index is 2.92. The van der Waals surface area contributed by atoms with E-state index in [-0.39, 0.29) is 18.1 Å². The number of carboxylic acid groups (broad SMARTS) is 1. The SMILES string of the molecule is CC#C[C@@H](CC(=O)[O-])c1ccc(O)cc1. The highest BCUT2D eigenvalue weighted by Gasteiger charge is 2.08. The predicted molar refractivity (Wildman–Crippen MR) is 53.9 cm³/mol. The van der Waals surface area contributed by atoms with Crippen molar-refractivity contribution in [2.45, 2.75) is 19.3 Å². The minimum absolute atomic E-state index is 0.133. The number of hydrogen-bond acceptors (Lipinski definition) is 3. The fourth-order valence-electron chi connectivity index (χ4n) is 1.30. The van der Waals surface area contributed by atoms with Gasteiger partial charge in [-0.3, -0.25) is 0 Å². The predicted octanol–water partition coefficient (Wildman–Crippen LogP) is 0.639. The summed E-state index contributed by atoms with van der Waals surface area (Å²) in [5.74, 6) is 4.13. The highest BCUT2D eigenvalue weighted by atomic mass is 16.4. The molecule has 0 aromatic heterocycles. The molecule has 1 N–H and O–H groups in total. The molecule has 1 aromatic rings. The molecule has 0 aliphatic heterocycles. The number of phenolic OH excluding ortho intramolecular Hbond substituents is 1. The van der Waals surface area contributed by atoms with Gasteiger partial charge in [-0.1, -0.05) is 18.1 Å². The average Bonchev–Trinajstić information content (AvgIpc) is 2.17. The van der Waals surface area contributed by atoms with Gasteiger partial charge < -0.3 is 15.0 Å². The first kappa shape index (κ1) is 11.1. The molecule has 1 aromatic carbocycles. The third-order valence-electron chi connectivity index (χ3n) is 1.98. The largest absolute Gasteiger partial charge is 0.550 e. The summed E-state index contributed by atoms with van der Waals surface area (Å²) in [6.45, 7) is 1.66. The van der Waals surface area contributed by atoms with Gasteiger partial charge in [0, 0.05) is 12.4 Å². The van der Waals surface area contributed by atoms with E-state index >= 15 is 0 Å². The zero-order chi connectivity index (χ0) is 11.3. The standard InChI is InChI=1S/C12H12O3/c1-2-3-10(8-12(14)15)9-4-6-11(13)7-5-9/h4-7,10,13H,8H2,1H3,(H,14,15)/p-1/t10-/m0/s1. The molecule has 0 fully saturated rings. The molecule has 0 saturated carbocycles.